The van der Waals surface area contributed by atoms with Gasteiger partial charge in [0.25, 0.3) is 5.91 Å². The Balaban J connectivity index is 1.03. The number of pyridine rings is 1. The van der Waals surface area contributed by atoms with Crippen LogP contribution in [-0.2, 0) is 39.6 Å². The number of halogens is 1. The lowest BCUT2D eigenvalue weighted by Crippen LogP contribution is -2.57. The largest absolute Gasteiger partial charge is 0.507 e. The second-order valence-corrected chi connectivity index (χ2v) is 19.5. The van der Waals surface area contributed by atoms with Crippen molar-refractivity contribution < 1.29 is 77.4 Å². The van der Waals surface area contributed by atoms with Gasteiger partial charge in [0.2, 0.25) is 5.75 Å². The molecule has 3 aliphatic heterocycles. The lowest BCUT2D eigenvalue weighted by atomic mass is 9.88. The Labute approximate surface area is 416 Å². The minimum Gasteiger partial charge on any atom is -0.507 e. The number of allylic oxidation sites excluding steroid dienone is 1. The number of methoxy groups -OCH3 is 3. The number of nitrogens with one attached hydrogen (secondary N) is 1. The third-order valence-electron chi connectivity index (χ3n) is 13.4. The fourth-order valence-electron chi connectivity index (χ4n) is 10.0. The molecule has 1 amide bonds. The van der Waals surface area contributed by atoms with Crippen LogP contribution in [0.3, 0.4) is 0 Å². The van der Waals surface area contributed by atoms with Gasteiger partial charge in [-0.05, 0) is 108 Å². The van der Waals surface area contributed by atoms with Crippen LogP contribution in [0.25, 0.3) is 10.8 Å². The molecule has 0 saturated carbocycles. The molecule has 2 aromatic carbocycles. The van der Waals surface area contributed by atoms with Crippen LogP contribution in [0.4, 0.5) is 0 Å². The van der Waals surface area contributed by atoms with E-state index in [1.807, 2.05) is 45.8 Å². The maximum Gasteiger partial charge on any atom is 0.328 e. The van der Waals surface area contributed by atoms with Gasteiger partial charge in [0.15, 0.2) is 46.7 Å². The molecule has 5 aliphatic rings. The van der Waals surface area contributed by atoms with Crippen molar-refractivity contribution in [2.75, 3.05) is 42.0 Å². The number of benzene rings is 2. The Morgan fingerprint density at radius 2 is 1.76 bits per heavy atom. The van der Waals surface area contributed by atoms with Crippen molar-refractivity contribution >= 4 is 34.2 Å². The monoisotopic (exact) mass is 1010 g/mol. The SMILES string of the molecule is COC(=O)C(Cc1ccc(O[C@H]2C=C3C(CO[C@H]4C[C@H](O)[C@H](N(C)C)[C@H](C)O4)=CC#C[C@@H]4O[C@]34[C@@H]2O[C@H]2C[C@@](C)(O)C(O)[C@H](C)O2)c(Cl)n1)NC(=O)c1cc2c(OC)c(OC)c(OC(C)C)cc2cc1O. The number of likely N-dealkylation sites (N-methyl/N-ethyl adjacent to an activating group) is 1. The van der Waals surface area contributed by atoms with E-state index in [4.69, 9.17) is 59.0 Å². The van der Waals surface area contributed by atoms with Crippen molar-refractivity contribution in [1.29, 1.82) is 0 Å². The van der Waals surface area contributed by atoms with Crippen LogP contribution in [0.5, 0.6) is 28.7 Å². The second kappa shape index (κ2) is 20.7. The number of aromatic hydroxyl groups is 1. The highest BCUT2D eigenvalue weighted by Crippen LogP contribution is 2.56. The van der Waals surface area contributed by atoms with Gasteiger partial charge >= 0.3 is 5.97 Å². The molecule has 20 heteroatoms. The quantitative estimate of drug-likeness (QED) is 0.0560. The zero-order chi connectivity index (χ0) is 51.3. The van der Waals surface area contributed by atoms with Crippen molar-refractivity contribution in [3.63, 3.8) is 0 Å². The Morgan fingerprint density at radius 3 is 2.41 bits per heavy atom. The molecule has 3 fully saturated rings. The number of aliphatic hydroxyl groups is 3. The van der Waals surface area contributed by atoms with Crippen molar-refractivity contribution in [1.82, 2.24) is 15.2 Å². The summed E-state index contributed by atoms with van der Waals surface area (Å²) in [6.45, 7) is 8.80. The maximum atomic E-state index is 13.9. The molecule has 0 bridgehead atoms. The molecule has 13 atom stereocenters. The normalized spacial score (nSPS) is 31.3. The average Bonchev–Trinajstić information content (AvgIpc) is 3.98. The molecule has 19 nitrogen and oxygen atoms in total. The first-order valence-electron chi connectivity index (χ1n) is 23.4. The van der Waals surface area contributed by atoms with Gasteiger partial charge in [-0.25, -0.2) is 9.78 Å². The number of rotatable bonds is 17. The van der Waals surface area contributed by atoms with E-state index in [9.17, 15) is 30.0 Å². The molecular formula is C51H62ClN3O16. The van der Waals surface area contributed by atoms with E-state index < -0.39 is 78.3 Å². The summed E-state index contributed by atoms with van der Waals surface area (Å²) in [5.41, 5.74) is -1.26. The Hall–Kier alpha value is -5.24. The number of phenols is 1. The number of aliphatic hydroxyl groups excluding tert-OH is 2. The highest BCUT2D eigenvalue weighted by molar-refractivity contribution is 6.30. The first kappa shape index (κ1) is 52.1. The number of amides is 1. The molecule has 1 aromatic heterocycles. The van der Waals surface area contributed by atoms with Crippen molar-refractivity contribution in [3.8, 4) is 40.6 Å². The first-order valence-corrected chi connectivity index (χ1v) is 23.8. The van der Waals surface area contributed by atoms with E-state index in [1.165, 1.54) is 40.4 Å². The summed E-state index contributed by atoms with van der Waals surface area (Å²) in [6.07, 6.45) is -3.77. The summed E-state index contributed by atoms with van der Waals surface area (Å²) in [5, 5.41) is 47.4. The minimum absolute atomic E-state index is 0.0411. The molecular weight excluding hydrogens is 946 g/mol. The number of aromatic nitrogens is 1. The molecule has 2 unspecified atom stereocenters. The lowest BCUT2D eigenvalue weighted by Gasteiger charge is -2.43. The molecule has 5 N–H and O–H groups in total. The zero-order valence-corrected chi connectivity index (χ0v) is 42.0. The van der Waals surface area contributed by atoms with E-state index in [0.29, 0.717) is 33.4 Å². The van der Waals surface area contributed by atoms with Crippen LogP contribution < -0.4 is 24.3 Å². The van der Waals surface area contributed by atoms with E-state index in [1.54, 1.807) is 31.2 Å². The lowest BCUT2D eigenvalue weighted by molar-refractivity contribution is -0.290. The van der Waals surface area contributed by atoms with Crippen LogP contribution >= 0.6 is 11.6 Å². The molecule has 3 aromatic rings. The van der Waals surface area contributed by atoms with Crippen LogP contribution in [0.2, 0.25) is 5.15 Å². The average molecular weight is 1010 g/mol. The Morgan fingerprint density at radius 1 is 1.03 bits per heavy atom. The molecule has 384 valence electrons. The van der Waals surface area contributed by atoms with Gasteiger partial charge in [0.1, 0.15) is 30.1 Å². The van der Waals surface area contributed by atoms with Crippen molar-refractivity contribution in [2.45, 2.75) is 139 Å². The Bertz CT molecular complexity index is 2630. The topological polar surface area (TPSA) is 239 Å². The number of phenolic OH excluding ortho intramolecular Hbond substituents is 1. The molecule has 8 rings (SSSR count). The predicted octanol–water partition coefficient (Wildman–Crippen LogP) is 3.76. The van der Waals surface area contributed by atoms with Crippen molar-refractivity contribution in [3.05, 3.63) is 70.0 Å². The number of esters is 1. The number of carbonyl (C=O) groups excluding carboxylic acids is 2. The fraction of sp³-hybridized carbons (Fsp3) is 0.549. The van der Waals surface area contributed by atoms with E-state index in [0.717, 1.165) is 0 Å². The fourth-order valence-corrected chi connectivity index (χ4v) is 10.3. The standard InChI is InChI=1S/C51H62ClN3O16/c1-24(2)66-37-17-28-16-34(56)31(19-30(28)43(62-8)44(37)63-9)48(59)54-33(49(60)64-10)18-29-14-15-36(47(52)53-29)69-38-20-32-27(23-65-40-21-35(57)42(55(6)7)25(3)67-40)12-11-13-39-51(32,71-39)46(38)70-41-22-50(5,61)45(58)26(4)68-41/h12,14-17,19-20,24-26,33,35,38-42,45-46,56-58,61H,18,21-23H2,1-10H3,(H,54,59)/t25-,26-,33?,35-,38-,39-,40+,41-,42+,45?,46+,50+,51+/m0/s1. The summed E-state index contributed by atoms with van der Waals surface area (Å²) < 4.78 is 60.5. The summed E-state index contributed by atoms with van der Waals surface area (Å²) >= 11 is 6.86. The summed E-state index contributed by atoms with van der Waals surface area (Å²) in [6, 6.07) is 6.13. The van der Waals surface area contributed by atoms with Crippen LogP contribution in [0.1, 0.15) is 63.5 Å². The van der Waals surface area contributed by atoms with Gasteiger partial charge in [0, 0.05) is 30.3 Å². The van der Waals surface area contributed by atoms with Crippen molar-refractivity contribution in [2.24, 2.45) is 0 Å². The molecule has 1 spiro atoms. The smallest absolute Gasteiger partial charge is 0.328 e. The van der Waals surface area contributed by atoms with Crippen LogP contribution in [0, 0.1) is 11.8 Å². The number of hydrogen-bond acceptors (Lipinski definition) is 18. The summed E-state index contributed by atoms with van der Waals surface area (Å²) in [5.74, 6) is 5.34. The number of ether oxygens (including phenoxy) is 10. The van der Waals surface area contributed by atoms with Gasteiger partial charge in [-0.3, -0.25) is 4.79 Å². The third-order valence-corrected chi connectivity index (χ3v) is 13.7. The summed E-state index contributed by atoms with van der Waals surface area (Å²) in [4.78, 5) is 33.5. The first-order chi connectivity index (χ1) is 33.7. The van der Waals surface area contributed by atoms with Gasteiger partial charge < -0.3 is 78.0 Å². The highest BCUT2D eigenvalue weighted by Gasteiger charge is 2.71. The van der Waals surface area contributed by atoms with Crippen LogP contribution in [0.15, 0.2) is 53.6 Å². The molecule has 0 radical (unpaired) electrons. The minimum atomic E-state index is -1.54. The van der Waals surface area contributed by atoms with Crippen LogP contribution in [-0.4, -0.2) is 169 Å². The molecule has 2 aliphatic carbocycles. The predicted molar refractivity (Wildman–Crippen MR) is 256 cm³/mol. The maximum absolute atomic E-state index is 13.9. The number of fused-ring (bicyclic) bond motifs is 1. The van der Waals surface area contributed by atoms with E-state index in [-0.39, 0.29) is 77.8 Å². The highest BCUT2D eigenvalue weighted by atomic mass is 35.5. The van der Waals surface area contributed by atoms with Gasteiger partial charge in [-0.2, -0.15) is 0 Å². The van der Waals surface area contributed by atoms with E-state index in [2.05, 4.69) is 22.1 Å². The van der Waals surface area contributed by atoms with Gasteiger partial charge in [-0.1, -0.05) is 23.4 Å². The number of nitrogens with zero attached hydrogens (tertiary/aromatic N) is 2. The molecule has 4 heterocycles. The number of hydrogen-bond donors (Lipinski definition) is 5. The Kier molecular flexibility index (Phi) is 15.2. The second-order valence-electron chi connectivity index (χ2n) is 19.1. The number of carbonyl (C=O) groups is 2. The van der Waals surface area contributed by atoms with Gasteiger partial charge in [-0.15, -0.1) is 0 Å². The number of epoxide rings is 1. The summed E-state index contributed by atoms with van der Waals surface area (Å²) in [7, 11) is 7.86. The molecule has 71 heavy (non-hydrogen) atoms. The zero-order valence-electron chi connectivity index (χ0n) is 41.3. The third kappa shape index (κ3) is 10.4. The molecule has 3 saturated heterocycles. The van der Waals surface area contributed by atoms with E-state index >= 15 is 0 Å². The van der Waals surface area contributed by atoms with Gasteiger partial charge in [0.05, 0.1) is 69.6 Å².